The number of hydrogen-bond acceptors (Lipinski definition) is 3. The molecule has 5 heteroatoms. The zero-order valence-corrected chi connectivity index (χ0v) is 14.6. The van der Waals surface area contributed by atoms with E-state index >= 15 is 0 Å². The van der Waals surface area contributed by atoms with Crippen LogP contribution in [0.4, 0.5) is 0 Å². The van der Waals surface area contributed by atoms with Gasteiger partial charge in [0.25, 0.3) is 0 Å². The normalized spacial score (nSPS) is 15.9. The van der Waals surface area contributed by atoms with Gasteiger partial charge in [0, 0.05) is 43.3 Å². The Balaban J connectivity index is 1.80. The van der Waals surface area contributed by atoms with Crippen molar-refractivity contribution in [1.29, 1.82) is 0 Å². The van der Waals surface area contributed by atoms with E-state index in [-0.39, 0.29) is 6.54 Å². The van der Waals surface area contributed by atoms with Crippen LogP contribution >= 0.6 is 0 Å². The van der Waals surface area contributed by atoms with Crippen molar-refractivity contribution in [3.8, 4) is 0 Å². The predicted molar refractivity (Wildman–Crippen MR) is 96.7 cm³/mol. The highest BCUT2D eigenvalue weighted by Crippen LogP contribution is 2.27. The second-order valence-corrected chi connectivity index (χ2v) is 6.85. The van der Waals surface area contributed by atoms with Crippen LogP contribution in [0.1, 0.15) is 23.1 Å². The molecular formula is C19H27N3O2. The van der Waals surface area contributed by atoms with Crippen LogP contribution in [-0.4, -0.2) is 53.3 Å². The molecule has 1 aromatic carbocycles. The maximum Gasteiger partial charge on any atom is 0.323 e. The monoisotopic (exact) mass is 329 g/mol. The van der Waals surface area contributed by atoms with E-state index in [1.165, 1.54) is 22.1 Å². The molecule has 1 fully saturated rings. The Morgan fingerprint density at radius 2 is 2.00 bits per heavy atom. The molecule has 0 atom stereocenters. The van der Waals surface area contributed by atoms with E-state index in [0.29, 0.717) is 0 Å². The molecule has 130 valence electrons. The van der Waals surface area contributed by atoms with Gasteiger partial charge in [-0.1, -0.05) is 6.07 Å². The van der Waals surface area contributed by atoms with Gasteiger partial charge in [-0.05, 0) is 56.0 Å². The van der Waals surface area contributed by atoms with Crippen LogP contribution in [0.3, 0.4) is 0 Å². The zero-order valence-electron chi connectivity index (χ0n) is 14.6. The van der Waals surface area contributed by atoms with Crippen LogP contribution in [0.15, 0.2) is 18.3 Å². The number of carboxylic acid groups (broad SMARTS) is 1. The number of carbonyl (C=O) groups is 1. The summed E-state index contributed by atoms with van der Waals surface area (Å²) in [5.41, 5.74) is 4.74. The quantitative estimate of drug-likeness (QED) is 0.853. The molecule has 0 aliphatic carbocycles. The van der Waals surface area contributed by atoms with Crippen molar-refractivity contribution in [2.75, 3.05) is 32.7 Å². The lowest BCUT2D eigenvalue weighted by molar-refractivity contribution is -0.137. The van der Waals surface area contributed by atoms with Crippen LogP contribution < -0.4 is 5.32 Å². The molecule has 24 heavy (non-hydrogen) atoms. The minimum absolute atomic E-state index is 0.0250. The van der Waals surface area contributed by atoms with Gasteiger partial charge in [-0.15, -0.1) is 0 Å². The van der Waals surface area contributed by atoms with Gasteiger partial charge in [-0.25, -0.2) is 0 Å². The highest BCUT2D eigenvalue weighted by molar-refractivity contribution is 5.88. The standard InChI is InChI=1S/C19H27N3O2/c1-14-10-15(2)19-16(4-3-7-21-8-5-20-6-9-21)12-22(13-18(23)24)17(19)11-14/h10-12,20H,3-9,13H2,1-2H3,(H,23,24). The van der Waals surface area contributed by atoms with Crippen molar-refractivity contribution in [3.63, 3.8) is 0 Å². The summed E-state index contributed by atoms with van der Waals surface area (Å²) in [6.07, 6.45) is 4.15. The second kappa shape index (κ2) is 7.36. The first-order valence-corrected chi connectivity index (χ1v) is 8.78. The Bertz CT molecular complexity index is 730. The van der Waals surface area contributed by atoms with Gasteiger partial charge in [0.2, 0.25) is 0 Å². The molecule has 0 bridgehead atoms. The van der Waals surface area contributed by atoms with Gasteiger partial charge in [-0.2, -0.15) is 0 Å². The maximum absolute atomic E-state index is 11.2. The SMILES string of the molecule is Cc1cc(C)c2c(CCCN3CCNCC3)cn(CC(=O)O)c2c1. The summed E-state index contributed by atoms with van der Waals surface area (Å²) in [4.78, 5) is 13.7. The number of aromatic nitrogens is 1. The zero-order chi connectivity index (χ0) is 17.1. The fourth-order valence-electron chi connectivity index (χ4n) is 3.81. The molecule has 0 amide bonds. The maximum atomic E-state index is 11.2. The molecule has 1 aromatic heterocycles. The van der Waals surface area contributed by atoms with Crippen molar-refractivity contribution >= 4 is 16.9 Å². The van der Waals surface area contributed by atoms with Crippen LogP contribution in [0.5, 0.6) is 0 Å². The van der Waals surface area contributed by atoms with Gasteiger partial charge in [0.15, 0.2) is 0 Å². The van der Waals surface area contributed by atoms with E-state index in [1.54, 1.807) is 0 Å². The Morgan fingerprint density at radius 3 is 2.71 bits per heavy atom. The van der Waals surface area contributed by atoms with Crippen LogP contribution in [-0.2, 0) is 17.8 Å². The number of aryl methyl sites for hydroxylation is 3. The van der Waals surface area contributed by atoms with E-state index in [1.807, 2.05) is 10.8 Å². The summed E-state index contributed by atoms with van der Waals surface area (Å²) in [6.45, 7) is 9.73. The fourth-order valence-corrected chi connectivity index (χ4v) is 3.81. The van der Waals surface area contributed by atoms with E-state index < -0.39 is 5.97 Å². The Hall–Kier alpha value is -1.85. The van der Waals surface area contributed by atoms with Crippen molar-refractivity contribution in [2.24, 2.45) is 0 Å². The third-order valence-corrected chi connectivity index (χ3v) is 4.84. The summed E-state index contributed by atoms with van der Waals surface area (Å²) in [6, 6.07) is 4.29. The molecule has 0 unspecified atom stereocenters. The highest BCUT2D eigenvalue weighted by atomic mass is 16.4. The van der Waals surface area contributed by atoms with Gasteiger partial charge in [0.1, 0.15) is 6.54 Å². The minimum Gasteiger partial charge on any atom is -0.480 e. The van der Waals surface area contributed by atoms with Crippen LogP contribution in [0, 0.1) is 13.8 Å². The lowest BCUT2D eigenvalue weighted by Gasteiger charge is -2.27. The smallest absolute Gasteiger partial charge is 0.323 e. The number of aliphatic carboxylic acids is 1. The first-order valence-electron chi connectivity index (χ1n) is 8.78. The van der Waals surface area contributed by atoms with Crippen LogP contribution in [0.25, 0.3) is 10.9 Å². The van der Waals surface area contributed by atoms with E-state index in [4.69, 9.17) is 0 Å². The third-order valence-electron chi connectivity index (χ3n) is 4.84. The second-order valence-electron chi connectivity index (χ2n) is 6.85. The van der Waals surface area contributed by atoms with E-state index in [9.17, 15) is 9.90 Å². The van der Waals surface area contributed by atoms with E-state index in [2.05, 4.69) is 36.2 Å². The van der Waals surface area contributed by atoms with Gasteiger partial charge >= 0.3 is 5.97 Å². The lowest BCUT2D eigenvalue weighted by Crippen LogP contribution is -2.43. The average Bonchev–Trinajstić information content (AvgIpc) is 2.85. The summed E-state index contributed by atoms with van der Waals surface area (Å²) in [5, 5.41) is 13.8. The van der Waals surface area contributed by atoms with Crippen molar-refractivity contribution in [1.82, 2.24) is 14.8 Å². The van der Waals surface area contributed by atoms with Crippen molar-refractivity contribution in [3.05, 3.63) is 35.0 Å². The molecule has 2 heterocycles. The number of carboxylic acids is 1. The van der Waals surface area contributed by atoms with Gasteiger partial charge < -0.3 is 19.9 Å². The summed E-state index contributed by atoms with van der Waals surface area (Å²) >= 11 is 0. The summed E-state index contributed by atoms with van der Waals surface area (Å²) in [7, 11) is 0. The molecule has 2 N–H and O–H groups in total. The molecule has 0 radical (unpaired) electrons. The van der Waals surface area contributed by atoms with Crippen molar-refractivity contribution < 1.29 is 9.90 Å². The van der Waals surface area contributed by atoms with Gasteiger partial charge in [0.05, 0.1) is 0 Å². The largest absolute Gasteiger partial charge is 0.480 e. The summed E-state index contributed by atoms with van der Waals surface area (Å²) < 4.78 is 1.89. The lowest BCUT2D eigenvalue weighted by atomic mass is 10.0. The Kier molecular flexibility index (Phi) is 5.21. The predicted octanol–water partition coefficient (Wildman–Crippen LogP) is 2.18. The Morgan fingerprint density at radius 1 is 1.25 bits per heavy atom. The first-order chi connectivity index (χ1) is 11.5. The first kappa shape index (κ1) is 17.0. The number of benzene rings is 1. The molecule has 1 saturated heterocycles. The van der Waals surface area contributed by atoms with Gasteiger partial charge in [-0.3, -0.25) is 4.79 Å². The minimum atomic E-state index is -0.793. The number of hydrogen-bond donors (Lipinski definition) is 2. The molecule has 1 aliphatic rings. The van der Waals surface area contributed by atoms with Crippen molar-refractivity contribution in [2.45, 2.75) is 33.2 Å². The fraction of sp³-hybridized carbons (Fsp3) is 0.526. The summed E-state index contributed by atoms with van der Waals surface area (Å²) in [5.74, 6) is -0.793. The van der Waals surface area contributed by atoms with Crippen LogP contribution in [0.2, 0.25) is 0 Å². The number of rotatable bonds is 6. The third kappa shape index (κ3) is 3.79. The molecule has 1 aliphatic heterocycles. The highest BCUT2D eigenvalue weighted by Gasteiger charge is 2.14. The molecule has 3 rings (SSSR count). The number of nitrogens with zero attached hydrogens (tertiary/aromatic N) is 2. The number of nitrogens with one attached hydrogen (secondary N) is 1. The Labute approximate surface area is 143 Å². The average molecular weight is 329 g/mol. The topological polar surface area (TPSA) is 57.5 Å². The molecular weight excluding hydrogens is 302 g/mol. The molecule has 0 saturated carbocycles. The van der Waals surface area contributed by atoms with E-state index in [0.717, 1.165) is 51.1 Å². The molecule has 0 spiro atoms. The number of fused-ring (bicyclic) bond motifs is 1. The number of piperazine rings is 1. The molecule has 5 nitrogen and oxygen atoms in total. The molecule has 2 aromatic rings.